The first kappa shape index (κ1) is 20.6. The van der Waals surface area contributed by atoms with Crippen LogP contribution in [0.25, 0.3) is 0 Å². The van der Waals surface area contributed by atoms with Gasteiger partial charge in [0.1, 0.15) is 0 Å². The van der Waals surface area contributed by atoms with Crippen LogP contribution in [-0.2, 0) is 6.42 Å². The number of benzene rings is 2. The monoisotopic (exact) mass is 380 g/mol. The number of rotatable bonds is 6. The number of piperidine rings is 1. The lowest BCUT2D eigenvalue weighted by molar-refractivity contribution is 0.0222. The van der Waals surface area contributed by atoms with Gasteiger partial charge in [-0.1, -0.05) is 48.0 Å². The van der Waals surface area contributed by atoms with Crippen LogP contribution in [0.15, 0.2) is 48.5 Å². The molecular weight excluding hydrogens is 348 g/mol. The molecule has 0 radical (unpaired) electrons. The van der Waals surface area contributed by atoms with Gasteiger partial charge < -0.3 is 14.9 Å². The number of aryl methyl sites for hydroxylation is 1. The maximum absolute atomic E-state index is 13.2. The van der Waals surface area contributed by atoms with E-state index in [0.717, 1.165) is 36.9 Å². The zero-order valence-electron chi connectivity index (χ0n) is 17.3. The summed E-state index contributed by atoms with van der Waals surface area (Å²) >= 11 is 0. The fourth-order valence-corrected chi connectivity index (χ4v) is 4.20. The standard InChI is InChI=1S/C24H32N2O2/c1-19-8-10-20(11-9-19)16-21-6-4-5-7-22(21)23(28)26-14-12-24(18-27,13-15-26)17-25(2)3/h4-11,27H,12-18H2,1-3H3. The van der Waals surface area contributed by atoms with Crippen LogP contribution in [0.2, 0.25) is 0 Å². The molecule has 1 fully saturated rings. The van der Waals surface area contributed by atoms with Gasteiger partial charge >= 0.3 is 0 Å². The van der Waals surface area contributed by atoms with E-state index in [2.05, 4.69) is 42.2 Å². The molecule has 1 aliphatic rings. The molecule has 0 unspecified atom stereocenters. The summed E-state index contributed by atoms with van der Waals surface area (Å²) in [6.45, 7) is 4.52. The van der Waals surface area contributed by atoms with Crippen molar-refractivity contribution >= 4 is 5.91 Å². The minimum atomic E-state index is -0.0955. The molecule has 2 aromatic carbocycles. The molecule has 28 heavy (non-hydrogen) atoms. The Bertz CT molecular complexity index is 791. The Kier molecular flexibility index (Phi) is 6.53. The van der Waals surface area contributed by atoms with E-state index in [1.165, 1.54) is 11.1 Å². The summed E-state index contributed by atoms with van der Waals surface area (Å²) in [7, 11) is 4.08. The number of hydrogen-bond acceptors (Lipinski definition) is 3. The van der Waals surface area contributed by atoms with Gasteiger partial charge in [0.2, 0.25) is 0 Å². The van der Waals surface area contributed by atoms with Crippen LogP contribution in [0.3, 0.4) is 0 Å². The number of carbonyl (C=O) groups excluding carboxylic acids is 1. The minimum absolute atomic E-state index is 0.0955. The Morgan fingerprint density at radius 2 is 1.71 bits per heavy atom. The van der Waals surface area contributed by atoms with Gasteiger partial charge in [-0.2, -0.15) is 0 Å². The van der Waals surface area contributed by atoms with Crippen LogP contribution in [0.5, 0.6) is 0 Å². The number of nitrogens with zero attached hydrogens (tertiary/aromatic N) is 2. The molecule has 0 atom stereocenters. The summed E-state index contributed by atoms with van der Waals surface area (Å²) in [5.41, 5.74) is 4.24. The summed E-state index contributed by atoms with van der Waals surface area (Å²) in [4.78, 5) is 17.3. The number of likely N-dealkylation sites (tertiary alicyclic amines) is 1. The van der Waals surface area contributed by atoms with Gasteiger partial charge in [-0.3, -0.25) is 4.79 Å². The molecule has 0 saturated carbocycles. The fourth-order valence-electron chi connectivity index (χ4n) is 4.20. The molecule has 1 saturated heterocycles. The zero-order chi connectivity index (χ0) is 20.1. The molecule has 3 rings (SSSR count). The number of carbonyl (C=O) groups is 1. The Morgan fingerprint density at radius 3 is 2.32 bits per heavy atom. The largest absolute Gasteiger partial charge is 0.396 e. The molecule has 1 N–H and O–H groups in total. The molecule has 0 spiro atoms. The van der Waals surface area contributed by atoms with E-state index in [9.17, 15) is 9.90 Å². The Balaban J connectivity index is 1.72. The first-order chi connectivity index (χ1) is 13.4. The predicted molar refractivity (Wildman–Crippen MR) is 114 cm³/mol. The van der Waals surface area contributed by atoms with E-state index in [1.54, 1.807) is 0 Å². The van der Waals surface area contributed by atoms with E-state index >= 15 is 0 Å². The van der Waals surface area contributed by atoms with Crippen LogP contribution >= 0.6 is 0 Å². The van der Waals surface area contributed by atoms with Gasteiger partial charge in [0.25, 0.3) is 5.91 Å². The quantitative estimate of drug-likeness (QED) is 0.836. The van der Waals surface area contributed by atoms with Crippen molar-refractivity contribution in [1.29, 1.82) is 0 Å². The highest BCUT2D eigenvalue weighted by Crippen LogP contribution is 2.32. The second kappa shape index (κ2) is 8.89. The molecular formula is C24H32N2O2. The van der Waals surface area contributed by atoms with Crippen molar-refractivity contribution in [1.82, 2.24) is 9.80 Å². The number of aliphatic hydroxyl groups is 1. The summed E-state index contributed by atoms with van der Waals surface area (Å²) in [6.07, 6.45) is 2.44. The third-order valence-electron chi connectivity index (χ3n) is 5.86. The SMILES string of the molecule is Cc1ccc(Cc2ccccc2C(=O)N2CCC(CO)(CN(C)C)CC2)cc1. The molecule has 1 heterocycles. The third kappa shape index (κ3) is 4.81. The van der Waals surface area contributed by atoms with Crippen molar-refractivity contribution < 1.29 is 9.90 Å². The van der Waals surface area contributed by atoms with Crippen LogP contribution in [0, 0.1) is 12.3 Å². The Morgan fingerprint density at radius 1 is 1.07 bits per heavy atom. The maximum atomic E-state index is 13.2. The Labute approximate surface area is 168 Å². The molecule has 1 aliphatic heterocycles. The summed E-state index contributed by atoms with van der Waals surface area (Å²) in [5.74, 6) is 0.110. The number of hydrogen-bond donors (Lipinski definition) is 1. The van der Waals surface area contributed by atoms with Gasteiger partial charge in [-0.25, -0.2) is 0 Å². The topological polar surface area (TPSA) is 43.8 Å². The number of aliphatic hydroxyl groups excluding tert-OH is 1. The van der Waals surface area contributed by atoms with Crippen LogP contribution in [-0.4, -0.2) is 61.2 Å². The first-order valence-electron chi connectivity index (χ1n) is 10.1. The first-order valence-corrected chi connectivity index (χ1v) is 10.1. The van der Waals surface area contributed by atoms with Crippen molar-refractivity contribution in [2.75, 3.05) is 40.3 Å². The van der Waals surface area contributed by atoms with Crippen molar-refractivity contribution in [3.63, 3.8) is 0 Å². The van der Waals surface area contributed by atoms with E-state index < -0.39 is 0 Å². The molecule has 4 heteroatoms. The van der Waals surface area contributed by atoms with Gasteiger partial charge in [0.15, 0.2) is 0 Å². The average Bonchev–Trinajstić information content (AvgIpc) is 2.70. The van der Waals surface area contributed by atoms with Crippen LogP contribution < -0.4 is 0 Å². The molecule has 1 amide bonds. The lowest BCUT2D eigenvalue weighted by atomic mass is 9.78. The highest BCUT2D eigenvalue weighted by Gasteiger charge is 2.36. The highest BCUT2D eigenvalue weighted by molar-refractivity contribution is 5.95. The van der Waals surface area contributed by atoms with Crippen molar-refractivity contribution in [2.45, 2.75) is 26.2 Å². The van der Waals surface area contributed by atoms with Crippen molar-refractivity contribution in [3.05, 3.63) is 70.8 Å². The molecule has 0 aliphatic carbocycles. The van der Waals surface area contributed by atoms with E-state index in [0.29, 0.717) is 13.1 Å². The third-order valence-corrected chi connectivity index (χ3v) is 5.86. The summed E-state index contributed by atoms with van der Waals surface area (Å²) in [5, 5.41) is 9.93. The van der Waals surface area contributed by atoms with Gasteiger partial charge in [0.05, 0.1) is 6.61 Å². The lowest BCUT2D eigenvalue weighted by Gasteiger charge is -2.42. The highest BCUT2D eigenvalue weighted by atomic mass is 16.3. The van der Waals surface area contributed by atoms with Crippen LogP contribution in [0.4, 0.5) is 0 Å². The van der Waals surface area contributed by atoms with E-state index in [1.807, 2.05) is 37.2 Å². The fraction of sp³-hybridized carbons (Fsp3) is 0.458. The van der Waals surface area contributed by atoms with E-state index in [4.69, 9.17) is 0 Å². The van der Waals surface area contributed by atoms with Gasteiger partial charge in [-0.05, 0) is 57.5 Å². The zero-order valence-corrected chi connectivity index (χ0v) is 17.3. The molecule has 0 aromatic heterocycles. The molecule has 4 nitrogen and oxygen atoms in total. The molecule has 2 aromatic rings. The smallest absolute Gasteiger partial charge is 0.254 e. The molecule has 0 bridgehead atoms. The minimum Gasteiger partial charge on any atom is -0.396 e. The Hall–Kier alpha value is -2.17. The van der Waals surface area contributed by atoms with Gasteiger partial charge in [0, 0.05) is 30.6 Å². The predicted octanol–water partition coefficient (Wildman–Crippen LogP) is 3.36. The average molecular weight is 381 g/mol. The second-order valence-corrected chi connectivity index (χ2v) is 8.51. The van der Waals surface area contributed by atoms with Crippen LogP contribution in [0.1, 0.15) is 39.9 Å². The van der Waals surface area contributed by atoms with Crippen molar-refractivity contribution in [3.8, 4) is 0 Å². The normalized spacial score (nSPS) is 16.4. The summed E-state index contributed by atoms with van der Waals surface area (Å²) < 4.78 is 0. The molecule has 150 valence electrons. The summed E-state index contributed by atoms with van der Waals surface area (Å²) in [6, 6.07) is 16.4. The number of amides is 1. The lowest BCUT2D eigenvalue weighted by Crippen LogP contribution is -2.48. The van der Waals surface area contributed by atoms with Gasteiger partial charge in [-0.15, -0.1) is 0 Å². The van der Waals surface area contributed by atoms with Crippen molar-refractivity contribution in [2.24, 2.45) is 5.41 Å². The maximum Gasteiger partial charge on any atom is 0.254 e. The second-order valence-electron chi connectivity index (χ2n) is 8.51. The van der Waals surface area contributed by atoms with E-state index in [-0.39, 0.29) is 17.9 Å².